The third kappa shape index (κ3) is 3.71. The summed E-state index contributed by atoms with van der Waals surface area (Å²) >= 11 is 1.72. The summed E-state index contributed by atoms with van der Waals surface area (Å²) in [7, 11) is 3.41. The van der Waals surface area contributed by atoms with Crippen molar-refractivity contribution in [1.29, 1.82) is 0 Å². The molecule has 0 aliphatic heterocycles. The van der Waals surface area contributed by atoms with Gasteiger partial charge in [0.15, 0.2) is 0 Å². The summed E-state index contributed by atoms with van der Waals surface area (Å²) in [6, 6.07) is 7.96. The summed E-state index contributed by atoms with van der Waals surface area (Å²) < 4.78 is 12.6. The number of benzene rings is 1. The van der Waals surface area contributed by atoms with E-state index in [1.165, 1.54) is 5.69 Å². The molecule has 1 aromatic heterocycles. The molecule has 0 radical (unpaired) electrons. The first kappa shape index (κ1) is 14.8. The van der Waals surface area contributed by atoms with Crippen molar-refractivity contribution in [3.63, 3.8) is 0 Å². The Kier molecular flexibility index (Phi) is 5.38. The maximum absolute atomic E-state index is 5.17. The fourth-order valence-electron chi connectivity index (χ4n) is 1.97. The van der Waals surface area contributed by atoms with Gasteiger partial charge in [-0.2, -0.15) is 0 Å². The van der Waals surface area contributed by atoms with Gasteiger partial charge in [-0.1, -0.05) is 11.3 Å². The normalized spacial score (nSPS) is 10.6. The zero-order valence-electron chi connectivity index (χ0n) is 12.2. The molecule has 0 amide bonds. The number of rotatable bonds is 7. The average molecular weight is 293 g/mol. The summed E-state index contributed by atoms with van der Waals surface area (Å²) in [5.41, 5.74) is 2.33. The molecule has 1 heterocycles. The number of methoxy groups -OCH3 is 2. The van der Waals surface area contributed by atoms with Crippen LogP contribution in [0.5, 0.6) is 5.75 Å². The van der Waals surface area contributed by atoms with Crippen molar-refractivity contribution in [3.05, 3.63) is 35.3 Å². The van der Waals surface area contributed by atoms with E-state index in [1.807, 2.05) is 24.3 Å². The second-order valence-electron chi connectivity index (χ2n) is 4.53. The zero-order valence-corrected chi connectivity index (χ0v) is 13.0. The van der Waals surface area contributed by atoms with Crippen molar-refractivity contribution in [3.8, 4) is 5.75 Å². The van der Waals surface area contributed by atoms with E-state index in [9.17, 15) is 0 Å². The lowest BCUT2D eigenvalue weighted by Gasteiger charge is -2.04. The average Bonchev–Trinajstić information content (AvgIpc) is 2.81. The Labute approximate surface area is 124 Å². The number of anilines is 2. The van der Waals surface area contributed by atoms with Crippen molar-refractivity contribution in [2.45, 2.75) is 19.9 Å². The van der Waals surface area contributed by atoms with Gasteiger partial charge in [-0.25, -0.2) is 9.88 Å². The highest BCUT2D eigenvalue weighted by Gasteiger charge is 2.15. The summed E-state index contributed by atoms with van der Waals surface area (Å²) in [5, 5.41) is 6.76. The Balaban J connectivity index is 2.07. The van der Waals surface area contributed by atoms with Crippen LogP contribution in [0.4, 0.5) is 10.8 Å². The minimum atomic E-state index is 0.782. The molecule has 1 N–H and O–H groups in total. The van der Waals surface area contributed by atoms with Gasteiger partial charge in [0.25, 0.3) is 0 Å². The summed E-state index contributed by atoms with van der Waals surface area (Å²) in [6.07, 6.45) is 1.01. The summed E-state index contributed by atoms with van der Waals surface area (Å²) in [4.78, 5) is 0. The molecule has 108 valence electrons. The molecule has 0 aliphatic carbocycles. The molecule has 5 heteroatoms. The van der Waals surface area contributed by atoms with Gasteiger partial charge in [0, 0.05) is 25.5 Å². The SMILES string of the molecule is COCCC[n+]1c(C)csc1Nc1ccc(OC)cc1. The van der Waals surface area contributed by atoms with Crippen molar-refractivity contribution in [2.24, 2.45) is 0 Å². The second-order valence-corrected chi connectivity index (χ2v) is 5.39. The van der Waals surface area contributed by atoms with Crippen LogP contribution in [-0.4, -0.2) is 20.8 Å². The predicted molar refractivity (Wildman–Crippen MR) is 82.0 cm³/mol. The zero-order chi connectivity index (χ0) is 14.4. The van der Waals surface area contributed by atoms with Gasteiger partial charge in [-0.05, 0) is 31.2 Å². The maximum Gasteiger partial charge on any atom is 0.339 e. The monoisotopic (exact) mass is 293 g/mol. The quantitative estimate of drug-likeness (QED) is 0.629. The number of nitrogens with one attached hydrogen (secondary N) is 1. The van der Waals surface area contributed by atoms with E-state index >= 15 is 0 Å². The van der Waals surface area contributed by atoms with E-state index < -0.39 is 0 Å². The third-order valence-electron chi connectivity index (χ3n) is 3.08. The van der Waals surface area contributed by atoms with Crippen molar-refractivity contribution < 1.29 is 14.0 Å². The molecule has 0 saturated heterocycles. The van der Waals surface area contributed by atoms with Gasteiger partial charge in [0.2, 0.25) is 0 Å². The predicted octanol–water partition coefficient (Wildman–Crippen LogP) is 3.13. The van der Waals surface area contributed by atoms with Crippen molar-refractivity contribution in [2.75, 3.05) is 26.1 Å². The largest absolute Gasteiger partial charge is 0.497 e. The minimum absolute atomic E-state index is 0.782. The van der Waals surface area contributed by atoms with E-state index in [0.29, 0.717) is 0 Å². The summed E-state index contributed by atoms with van der Waals surface area (Å²) in [5.74, 6) is 0.867. The van der Waals surface area contributed by atoms with E-state index in [0.717, 1.165) is 36.1 Å². The van der Waals surface area contributed by atoms with Crippen molar-refractivity contribution >= 4 is 22.2 Å². The number of aromatic nitrogens is 1. The smallest absolute Gasteiger partial charge is 0.339 e. The van der Waals surface area contributed by atoms with Gasteiger partial charge in [-0.3, -0.25) is 0 Å². The molecule has 20 heavy (non-hydrogen) atoms. The molecule has 2 rings (SSSR count). The molecule has 2 aromatic rings. The van der Waals surface area contributed by atoms with E-state index in [-0.39, 0.29) is 0 Å². The molecule has 0 unspecified atom stereocenters. The fraction of sp³-hybridized carbons (Fsp3) is 0.400. The van der Waals surface area contributed by atoms with Crippen LogP contribution in [0.3, 0.4) is 0 Å². The van der Waals surface area contributed by atoms with Crippen LogP contribution in [0.25, 0.3) is 0 Å². The summed E-state index contributed by atoms with van der Waals surface area (Å²) in [6.45, 7) is 3.87. The highest BCUT2D eigenvalue weighted by Crippen LogP contribution is 2.21. The highest BCUT2D eigenvalue weighted by molar-refractivity contribution is 7.13. The van der Waals surface area contributed by atoms with Gasteiger partial charge in [-0.15, -0.1) is 0 Å². The molecule has 0 spiro atoms. The first-order valence-electron chi connectivity index (χ1n) is 6.62. The molecule has 0 saturated carbocycles. The van der Waals surface area contributed by atoms with E-state index in [4.69, 9.17) is 9.47 Å². The first-order chi connectivity index (χ1) is 9.74. The highest BCUT2D eigenvalue weighted by atomic mass is 32.1. The van der Waals surface area contributed by atoms with Crippen LogP contribution < -0.4 is 14.6 Å². The lowest BCUT2D eigenvalue weighted by Crippen LogP contribution is -2.37. The van der Waals surface area contributed by atoms with Crippen LogP contribution in [0.15, 0.2) is 29.6 Å². The number of ether oxygens (including phenoxy) is 2. The van der Waals surface area contributed by atoms with Gasteiger partial charge < -0.3 is 9.47 Å². The Morgan fingerprint density at radius 2 is 1.95 bits per heavy atom. The van der Waals surface area contributed by atoms with Crippen LogP contribution in [-0.2, 0) is 11.3 Å². The van der Waals surface area contributed by atoms with Crippen LogP contribution in [0, 0.1) is 6.92 Å². The van der Waals surface area contributed by atoms with Crippen molar-refractivity contribution in [1.82, 2.24) is 0 Å². The number of thiazole rings is 1. The van der Waals surface area contributed by atoms with Crippen LogP contribution >= 0.6 is 11.3 Å². The molecule has 0 bridgehead atoms. The Hall–Kier alpha value is -1.59. The molecule has 0 atom stereocenters. The number of nitrogens with zero attached hydrogens (tertiary/aromatic N) is 1. The Morgan fingerprint density at radius 3 is 2.60 bits per heavy atom. The topological polar surface area (TPSA) is 34.4 Å². The van der Waals surface area contributed by atoms with Crippen LogP contribution in [0.2, 0.25) is 0 Å². The molecule has 1 aromatic carbocycles. The lowest BCUT2D eigenvalue weighted by atomic mass is 10.3. The molecule has 0 fully saturated rings. The second kappa shape index (κ2) is 7.26. The van der Waals surface area contributed by atoms with E-state index in [1.54, 1.807) is 25.6 Å². The molecular formula is C15H21N2O2S+. The Bertz CT molecular complexity index is 537. The number of hydrogen-bond acceptors (Lipinski definition) is 4. The minimum Gasteiger partial charge on any atom is -0.497 e. The van der Waals surface area contributed by atoms with Gasteiger partial charge in [0.05, 0.1) is 13.7 Å². The first-order valence-corrected chi connectivity index (χ1v) is 7.50. The fourth-order valence-corrected chi connectivity index (χ4v) is 2.92. The van der Waals surface area contributed by atoms with Gasteiger partial charge >= 0.3 is 5.13 Å². The Morgan fingerprint density at radius 1 is 1.20 bits per heavy atom. The maximum atomic E-state index is 5.17. The van der Waals surface area contributed by atoms with Crippen LogP contribution in [0.1, 0.15) is 12.1 Å². The third-order valence-corrected chi connectivity index (χ3v) is 4.09. The van der Waals surface area contributed by atoms with E-state index in [2.05, 4.69) is 22.2 Å². The van der Waals surface area contributed by atoms with Gasteiger partial charge in [0.1, 0.15) is 17.1 Å². The molecule has 4 nitrogen and oxygen atoms in total. The molecule has 0 aliphatic rings. The number of aryl methyl sites for hydroxylation is 1. The molecular weight excluding hydrogens is 272 g/mol. The standard InChI is InChI=1S/C15H20N2O2S/c1-12-11-20-15(17(12)9-4-10-18-2)16-13-5-7-14(19-3)8-6-13/h5-8,11H,4,9-10H2,1-3H3/p+1. The number of hydrogen-bond donors (Lipinski definition) is 1. The lowest BCUT2D eigenvalue weighted by molar-refractivity contribution is -0.685.